The monoisotopic (exact) mass is 388 g/mol. The van der Waals surface area contributed by atoms with Crippen LogP contribution in [0.2, 0.25) is 0 Å². The summed E-state index contributed by atoms with van der Waals surface area (Å²) >= 11 is 0. The molecule has 0 aromatic heterocycles. The molecule has 1 unspecified atom stereocenters. The minimum absolute atomic E-state index is 0.0421. The van der Waals surface area contributed by atoms with E-state index in [1.165, 1.54) is 12.1 Å². The quantitative estimate of drug-likeness (QED) is 0.296. The van der Waals surface area contributed by atoms with Crippen LogP contribution in [-0.4, -0.2) is 17.7 Å². The van der Waals surface area contributed by atoms with Crippen molar-refractivity contribution >= 4 is 11.4 Å². The van der Waals surface area contributed by atoms with Crippen molar-refractivity contribution in [2.45, 2.75) is 25.5 Å². The third-order valence-corrected chi connectivity index (χ3v) is 4.99. The molecular formula is C24H24N2O3. The van der Waals surface area contributed by atoms with E-state index in [4.69, 9.17) is 9.73 Å². The van der Waals surface area contributed by atoms with Crippen molar-refractivity contribution in [3.05, 3.63) is 112 Å². The number of benzene rings is 3. The topological polar surface area (TPSA) is 64.7 Å². The van der Waals surface area contributed by atoms with Gasteiger partial charge in [-0.05, 0) is 23.3 Å². The second kappa shape index (κ2) is 8.80. The highest BCUT2D eigenvalue weighted by Crippen LogP contribution is 2.31. The molecule has 0 aliphatic rings. The van der Waals surface area contributed by atoms with Crippen LogP contribution in [0.1, 0.15) is 36.8 Å². The van der Waals surface area contributed by atoms with Crippen LogP contribution in [0.25, 0.3) is 0 Å². The maximum Gasteiger partial charge on any atom is 0.269 e. The summed E-state index contributed by atoms with van der Waals surface area (Å²) in [6.45, 7) is 4.27. The molecule has 29 heavy (non-hydrogen) atoms. The van der Waals surface area contributed by atoms with Gasteiger partial charge >= 0.3 is 0 Å². The Hall–Kier alpha value is -3.31. The molecule has 5 heteroatoms. The van der Waals surface area contributed by atoms with Gasteiger partial charge in [0.25, 0.3) is 5.69 Å². The Balaban J connectivity index is 2.09. The van der Waals surface area contributed by atoms with Crippen molar-refractivity contribution in [3.63, 3.8) is 0 Å². The maximum atomic E-state index is 10.9. The molecule has 0 saturated heterocycles. The van der Waals surface area contributed by atoms with E-state index in [-0.39, 0.29) is 11.1 Å². The number of methoxy groups -OCH3 is 1. The number of hydrogen-bond donors (Lipinski definition) is 0. The summed E-state index contributed by atoms with van der Waals surface area (Å²) in [5, 5.41) is 10.9. The van der Waals surface area contributed by atoms with Gasteiger partial charge in [0.2, 0.25) is 0 Å². The molecule has 0 spiro atoms. The largest absolute Gasteiger partial charge is 0.355 e. The highest BCUT2D eigenvalue weighted by molar-refractivity contribution is 6.07. The van der Waals surface area contributed by atoms with Crippen LogP contribution >= 0.6 is 0 Å². The van der Waals surface area contributed by atoms with Crippen molar-refractivity contribution in [1.82, 2.24) is 0 Å². The molecule has 148 valence electrons. The van der Waals surface area contributed by atoms with Gasteiger partial charge in [0.1, 0.15) is 0 Å². The standard InChI is InChI=1S/C24H24N2O3/c1-24(2,20-12-8-5-9-13-20)22(18-10-6-4-7-11-18)25-23(29-3)19-14-16-21(17-15-19)26(27)28/h4-17,23H,1-3H3. The van der Waals surface area contributed by atoms with E-state index in [2.05, 4.69) is 26.0 Å². The van der Waals surface area contributed by atoms with Gasteiger partial charge < -0.3 is 4.74 Å². The molecule has 0 bridgehead atoms. The Morgan fingerprint density at radius 1 is 0.931 bits per heavy atom. The Kier molecular flexibility index (Phi) is 6.20. The first-order valence-corrected chi connectivity index (χ1v) is 9.40. The van der Waals surface area contributed by atoms with E-state index in [0.29, 0.717) is 0 Å². The first kappa shape index (κ1) is 20.4. The van der Waals surface area contributed by atoms with Crippen LogP contribution in [0.5, 0.6) is 0 Å². The summed E-state index contributed by atoms with van der Waals surface area (Å²) in [4.78, 5) is 15.5. The zero-order valence-electron chi connectivity index (χ0n) is 16.8. The van der Waals surface area contributed by atoms with Crippen LogP contribution in [-0.2, 0) is 10.2 Å². The van der Waals surface area contributed by atoms with E-state index in [9.17, 15) is 10.1 Å². The number of aliphatic imine (C=N–C) groups is 1. The highest BCUT2D eigenvalue weighted by atomic mass is 16.6. The fourth-order valence-corrected chi connectivity index (χ4v) is 3.33. The van der Waals surface area contributed by atoms with Gasteiger partial charge in [0, 0.05) is 30.2 Å². The number of non-ortho nitro benzene ring substituents is 1. The molecule has 0 amide bonds. The number of ether oxygens (including phenoxy) is 1. The predicted octanol–water partition coefficient (Wildman–Crippen LogP) is 5.71. The summed E-state index contributed by atoms with van der Waals surface area (Å²) in [7, 11) is 1.59. The van der Waals surface area contributed by atoms with Crippen LogP contribution in [0, 0.1) is 10.1 Å². The van der Waals surface area contributed by atoms with E-state index < -0.39 is 11.2 Å². The Morgan fingerprint density at radius 2 is 1.48 bits per heavy atom. The average Bonchev–Trinajstić information content (AvgIpc) is 2.75. The zero-order valence-corrected chi connectivity index (χ0v) is 16.8. The number of rotatable bonds is 7. The lowest BCUT2D eigenvalue weighted by molar-refractivity contribution is -0.384. The molecular weight excluding hydrogens is 364 g/mol. The second-order valence-electron chi connectivity index (χ2n) is 7.27. The van der Waals surface area contributed by atoms with Gasteiger partial charge in [-0.2, -0.15) is 0 Å². The normalized spacial score (nSPS) is 13.1. The highest BCUT2D eigenvalue weighted by Gasteiger charge is 2.29. The number of nitrogens with zero attached hydrogens (tertiary/aromatic N) is 2. The van der Waals surface area contributed by atoms with Crippen molar-refractivity contribution in [2.24, 2.45) is 4.99 Å². The molecule has 3 aromatic rings. The predicted molar refractivity (Wildman–Crippen MR) is 115 cm³/mol. The van der Waals surface area contributed by atoms with Gasteiger partial charge in [-0.15, -0.1) is 0 Å². The summed E-state index contributed by atoms with van der Waals surface area (Å²) in [5.41, 5.74) is 3.46. The van der Waals surface area contributed by atoms with E-state index in [1.807, 2.05) is 48.5 Å². The summed E-state index contributed by atoms with van der Waals surface area (Å²) in [6.07, 6.45) is -0.575. The molecule has 0 aliphatic carbocycles. The number of hydrogen-bond acceptors (Lipinski definition) is 4. The average molecular weight is 388 g/mol. The van der Waals surface area contributed by atoms with Crippen LogP contribution in [0.15, 0.2) is 89.9 Å². The van der Waals surface area contributed by atoms with Crippen LogP contribution in [0.3, 0.4) is 0 Å². The molecule has 1 atom stereocenters. The van der Waals surface area contributed by atoms with Gasteiger partial charge in [-0.3, -0.25) is 15.1 Å². The molecule has 0 aliphatic heterocycles. The first-order chi connectivity index (χ1) is 13.9. The maximum absolute atomic E-state index is 10.9. The van der Waals surface area contributed by atoms with Gasteiger partial charge in [0.15, 0.2) is 6.23 Å². The molecule has 0 fully saturated rings. The smallest absolute Gasteiger partial charge is 0.269 e. The lowest BCUT2D eigenvalue weighted by atomic mass is 9.77. The minimum atomic E-state index is -0.575. The van der Waals surface area contributed by atoms with E-state index in [1.54, 1.807) is 19.2 Å². The summed E-state index contributed by atoms with van der Waals surface area (Å²) < 4.78 is 5.66. The SMILES string of the molecule is COC(N=C(c1ccccc1)C(C)(C)c1ccccc1)c1ccc([N+](=O)[O-])cc1. The number of nitro groups is 1. The number of nitro benzene ring substituents is 1. The summed E-state index contributed by atoms with van der Waals surface area (Å²) in [6, 6.07) is 26.5. The van der Waals surface area contributed by atoms with Crippen LogP contribution in [0.4, 0.5) is 5.69 Å². The van der Waals surface area contributed by atoms with Crippen molar-refractivity contribution in [2.75, 3.05) is 7.11 Å². The van der Waals surface area contributed by atoms with Gasteiger partial charge in [0.05, 0.1) is 10.6 Å². The molecule has 3 aromatic carbocycles. The lowest BCUT2D eigenvalue weighted by Crippen LogP contribution is -2.31. The molecule has 0 saturated carbocycles. The van der Waals surface area contributed by atoms with Gasteiger partial charge in [-0.25, -0.2) is 0 Å². The van der Waals surface area contributed by atoms with Crippen molar-refractivity contribution in [1.29, 1.82) is 0 Å². The lowest BCUT2D eigenvalue weighted by Gasteiger charge is -2.29. The third-order valence-electron chi connectivity index (χ3n) is 4.99. The van der Waals surface area contributed by atoms with E-state index >= 15 is 0 Å². The molecule has 0 radical (unpaired) electrons. The molecule has 5 nitrogen and oxygen atoms in total. The van der Waals surface area contributed by atoms with E-state index in [0.717, 1.165) is 22.4 Å². The fourth-order valence-electron chi connectivity index (χ4n) is 3.33. The Morgan fingerprint density at radius 3 is 2.00 bits per heavy atom. The third kappa shape index (κ3) is 4.58. The Labute approximate surface area is 170 Å². The summed E-state index contributed by atoms with van der Waals surface area (Å²) in [5.74, 6) is 0. The molecule has 0 heterocycles. The fraction of sp³-hybridized carbons (Fsp3) is 0.208. The molecule has 3 rings (SSSR count). The zero-order chi connectivity index (χ0) is 20.9. The van der Waals surface area contributed by atoms with Crippen LogP contribution < -0.4 is 0 Å². The van der Waals surface area contributed by atoms with Crippen molar-refractivity contribution in [3.8, 4) is 0 Å². The molecule has 0 N–H and O–H groups in total. The van der Waals surface area contributed by atoms with Crippen molar-refractivity contribution < 1.29 is 9.66 Å². The minimum Gasteiger partial charge on any atom is -0.355 e. The van der Waals surface area contributed by atoms with Gasteiger partial charge in [-0.1, -0.05) is 74.5 Å². The Bertz CT molecular complexity index is 982. The second-order valence-corrected chi connectivity index (χ2v) is 7.27. The first-order valence-electron chi connectivity index (χ1n) is 9.40.